The molecule has 0 spiro atoms. The van der Waals surface area contributed by atoms with Gasteiger partial charge in [0, 0.05) is 25.4 Å². The van der Waals surface area contributed by atoms with Crippen molar-refractivity contribution < 1.29 is 22.3 Å². The average Bonchev–Trinajstić information content (AvgIpc) is 2.71. The van der Waals surface area contributed by atoms with Gasteiger partial charge in [0.2, 0.25) is 0 Å². The zero-order chi connectivity index (χ0) is 21.7. The van der Waals surface area contributed by atoms with Crippen LogP contribution in [0.25, 0.3) is 0 Å². The van der Waals surface area contributed by atoms with E-state index in [0.29, 0.717) is 12.4 Å². The summed E-state index contributed by atoms with van der Waals surface area (Å²) in [4.78, 5) is 6.17. The Morgan fingerprint density at radius 2 is 1.93 bits per heavy atom. The number of anilines is 2. The second-order valence-corrected chi connectivity index (χ2v) is 9.31. The lowest BCUT2D eigenvalue weighted by molar-refractivity contribution is 0.0989. The molecule has 164 valence electrons. The van der Waals surface area contributed by atoms with Crippen LogP contribution in [0.4, 0.5) is 20.3 Å². The molecule has 1 aliphatic heterocycles. The molecule has 3 N–H and O–H groups in total. The number of hydrogen-bond donors (Lipinski definition) is 3. The molecule has 1 fully saturated rings. The molecule has 1 atom stereocenters. The van der Waals surface area contributed by atoms with Crippen LogP contribution in [0.3, 0.4) is 0 Å². The summed E-state index contributed by atoms with van der Waals surface area (Å²) in [6, 6.07) is 5.56. The van der Waals surface area contributed by atoms with Gasteiger partial charge in [-0.3, -0.25) is 4.72 Å². The fourth-order valence-corrected chi connectivity index (χ4v) is 4.24. The maximum atomic E-state index is 13.3. The summed E-state index contributed by atoms with van der Waals surface area (Å²) in [5.74, 6) is -1.06. The van der Waals surface area contributed by atoms with Crippen LogP contribution in [0.2, 0.25) is 0 Å². The van der Waals surface area contributed by atoms with Gasteiger partial charge < -0.3 is 15.3 Å². The number of halogens is 2. The van der Waals surface area contributed by atoms with Crippen LogP contribution in [0.15, 0.2) is 41.4 Å². The van der Waals surface area contributed by atoms with E-state index in [0.717, 1.165) is 56.2 Å². The van der Waals surface area contributed by atoms with E-state index in [4.69, 9.17) is 0 Å². The van der Waals surface area contributed by atoms with Gasteiger partial charge in [-0.1, -0.05) is 6.92 Å². The van der Waals surface area contributed by atoms with Gasteiger partial charge in [0.15, 0.2) is 11.6 Å². The van der Waals surface area contributed by atoms with Crippen LogP contribution in [0.5, 0.6) is 0 Å². The lowest BCUT2D eigenvalue weighted by atomic mass is 9.99. The minimum atomic E-state index is -4.00. The Morgan fingerprint density at radius 3 is 2.57 bits per heavy atom. The quantitative estimate of drug-likeness (QED) is 0.584. The maximum Gasteiger partial charge on any atom is 0.263 e. The number of nitrogens with one attached hydrogen (secondary N) is 2. The number of sulfonamides is 1. The zero-order valence-electron chi connectivity index (χ0n) is 16.7. The van der Waals surface area contributed by atoms with E-state index < -0.39 is 27.8 Å². The molecule has 2 aromatic rings. The average molecular weight is 441 g/mol. The normalized spacial score (nSPS) is 16.9. The Balaban J connectivity index is 1.53. The van der Waals surface area contributed by atoms with Crippen LogP contribution in [0.1, 0.15) is 19.8 Å². The van der Waals surface area contributed by atoms with Crippen LogP contribution < -0.4 is 10.0 Å². The van der Waals surface area contributed by atoms with Gasteiger partial charge in [-0.05, 0) is 56.1 Å². The Morgan fingerprint density at radius 1 is 1.20 bits per heavy atom. The zero-order valence-corrected chi connectivity index (χ0v) is 17.5. The topological polar surface area (TPSA) is 94.6 Å². The molecule has 30 heavy (non-hydrogen) atoms. The van der Waals surface area contributed by atoms with E-state index in [1.54, 1.807) is 0 Å². The minimum absolute atomic E-state index is 0.0914. The lowest BCUT2D eigenvalue weighted by Crippen LogP contribution is -2.40. The third kappa shape index (κ3) is 6.10. The van der Waals surface area contributed by atoms with Crippen LogP contribution in [-0.2, 0) is 10.0 Å². The van der Waals surface area contributed by atoms with Crippen molar-refractivity contribution in [1.29, 1.82) is 0 Å². The maximum absolute atomic E-state index is 13.3. The van der Waals surface area contributed by atoms with Crippen LogP contribution in [0, 0.1) is 17.6 Å². The molecule has 1 saturated heterocycles. The standard InChI is InChI=1S/C20H26F2N4O3S/c1-14-6-8-26(9-7-14)13-16(27)11-23-20-5-3-17(12-24-20)30(28,29)25-15-2-4-18(21)19(22)10-15/h2-5,10,12,14,16,25,27H,6-9,11,13H2,1H3,(H,23,24). The number of piperidine rings is 1. The number of rotatable bonds is 8. The van der Waals surface area contributed by atoms with Gasteiger partial charge in [-0.2, -0.15) is 0 Å². The van der Waals surface area contributed by atoms with Gasteiger partial charge in [0.1, 0.15) is 10.7 Å². The van der Waals surface area contributed by atoms with Crippen molar-refractivity contribution in [2.24, 2.45) is 5.92 Å². The molecular weight excluding hydrogens is 414 g/mol. The van der Waals surface area contributed by atoms with E-state index in [-0.39, 0.29) is 17.1 Å². The van der Waals surface area contributed by atoms with Gasteiger partial charge in [0.05, 0.1) is 11.8 Å². The minimum Gasteiger partial charge on any atom is -0.390 e. The second-order valence-electron chi connectivity index (χ2n) is 7.63. The highest BCUT2D eigenvalue weighted by Gasteiger charge is 2.19. The molecule has 3 rings (SSSR count). The smallest absolute Gasteiger partial charge is 0.263 e. The number of benzene rings is 1. The fourth-order valence-electron chi connectivity index (χ4n) is 3.25. The van der Waals surface area contributed by atoms with E-state index in [1.165, 1.54) is 12.1 Å². The van der Waals surface area contributed by atoms with Crippen molar-refractivity contribution >= 4 is 21.5 Å². The van der Waals surface area contributed by atoms with Gasteiger partial charge in [0.25, 0.3) is 10.0 Å². The van der Waals surface area contributed by atoms with Crippen molar-refractivity contribution in [2.45, 2.75) is 30.8 Å². The Labute approximate surface area is 175 Å². The summed E-state index contributed by atoms with van der Waals surface area (Å²) in [5, 5.41) is 13.2. The van der Waals surface area contributed by atoms with E-state index >= 15 is 0 Å². The Bertz CT molecular complexity index is 949. The first-order valence-corrected chi connectivity index (χ1v) is 11.3. The molecular formula is C20H26F2N4O3S. The van der Waals surface area contributed by atoms with E-state index in [1.807, 2.05) is 0 Å². The number of likely N-dealkylation sites (tertiary alicyclic amines) is 1. The van der Waals surface area contributed by atoms with Crippen LogP contribution >= 0.6 is 0 Å². The molecule has 0 amide bonds. The lowest BCUT2D eigenvalue weighted by Gasteiger charge is -2.31. The monoisotopic (exact) mass is 440 g/mol. The predicted molar refractivity (Wildman–Crippen MR) is 111 cm³/mol. The third-order valence-electron chi connectivity index (χ3n) is 5.08. The van der Waals surface area contributed by atoms with Crippen molar-refractivity contribution in [3.63, 3.8) is 0 Å². The number of aromatic nitrogens is 1. The van der Waals surface area contributed by atoms with Crippen molar-refractivity contribution in [3.05, 3.63) is 48.2 Å². The highest BCUT2D eigenvalue weighted by Crippen LogP contribution is 2.19. The summed E-state index contributed by atoms with van der Waals surface area (Å²) in [6.45, 7) is 5.06. The first-order valence-electron chi connectivity index (χ1n) is 9.81. The molecule has 7 nitrogen and oxygen atoms in total. The SMILES string of the molecule is CC1CCN(CC(O)CNc2ccc(S(=O)(=O)Nc3ccc(F)c(F)c3)cn2)CC1. The number of aliphatic hydroxyl groups is 1. The van der Waals surface area contributed by atoms with E-state index in [2.05, 4.69) is 26.8 Å². The predicted octanol–water partition coefficient (Wildman–Crippen LogP) is 2.67. The molecule has 10 heteroatoms. The summed E-state index contributed by atoms with van der Waals surface area (Å²) >= 11 is 0. The first kappa shape index (κ1) is 22.4. The van der Waals surface area contributed by atoms with E-state index in [9.17, 15) is 22.3 Å². The van der Waals surface area contributed by atoms with Gasteiger partial charge >= 0.3 is 0 Å². The second kappa shape index (κ2) is 9.67. The van der Waals surface area contributed by atoms with Gasteiger partial charge in [-0.25, -0.2) is 22.2 Å². The molecule has 1 aromatic carbocycles. The number of aliphatic hydroxyl groups excluding tert-OH is 1. The Hall–Kier alpha value is -2.30. The fraction of sp³-hybridized carbons (Fsp3) is 0.450. The summed E-state index contributed by atoms with van der Waals surface area (Å²) in [5.41, 5.74) is -0.0914. The van der Waals surface area contributed by atoms with Crippen molar-refractivity contribution in [3.8, 4) is 0 Å². The molecule has 0 aliphatic carbocycles. The van der Waals surface area contributed by atoms with Crippen LogP contribution in [-0.4, -0.2) is 55.7 Å². The molecule has 0 radical (unpaired) electrons. The van der Waals surface area contributed by atoms with Crippen molar-refractivity contribution in [1.82, 2.24) is 9.88 Å². The molecule has 1 aromatic heterocycles. The highest BCUT2D eigenvalue weighted by atomic mass is 32.2. The summed E-state index contributed by atoms with van der Waals surface area (Å²) in [6.07, 6.45) is 2.86. The largest absolute Gasteiger partial charge is 0.390 e. The molecule has 1 unspecified atom stereocenters. The molecule has 0 bridgehead atoms. The number of pyridine rings is 1. The molecule has 0 saturated carbocycles. The highest BCUT2D eigenvalue weighted by molar-refractivity contribution is 7.92. The summed E-state index contributed by atoms with van der Waals surface area (Å²) < 4.78 is 53.2. The number of hydrogen-bond acceptors (Lipinski definition) is 6. The number of β-amino-alcohol motifs (C(OH)–C–C–N with tert-alkyl or cyclic N) is 1. The third-order valence-corrected chi connectivity index (χ3v) is 6.45. The first-order chi connectivity index (χ1) is 14.2. The Kier molecular flexibility index (Phi) is 7.22. The van der Waals surface area contributed by atoms with Gasteiger partial charge in [-0.15, -0.1) is 0 Å². The molecule has 2 heterocycles. The summed E-state index contributed by atoms with van der Waals surface area (Å²) in [7, 11) is -4.00. The van der Waals surface area contributed by atoms with Crippen molar-refractivity contribution in [2.75, 3.05) is 36.2 Å². The molecule has 1 aliphatic rings. The number of nitrogens with zero attached hydrogens (tertiary/aromatic N) is 2.